The molecule has 0 aromatic heterocycles. The molecule has 0 radical (unpaired) electrons. The van der Waals surface area contributed by atoms with E-state index in [1.807, 2.05) is 39.8 Å². The van der Waals surface area contributed by atoms with Gasteiger partial charge in [-0.1, -0.05) is 39.0 Å². The lowest BCUT2D eigenvalue weighted by Crippen LogP contribution is -2.51. The van der Waals surface area contributed by atoms with Crippen molar-refractivity contribution in [3.8, 4) is 0 Å². The van der Waals surface area contributed by atoms with Gasteiger partial charge in [0.25, 0.3) is 5.91 Å². The summed E-state index contributed by atoms with van der Waals surface area (Å²) in [6.07, 6.45) is 0.834. The van der Waals surface area contributed by atoms with Gasteiger partial charge < -0.3 is 16.0 Å². The van der Waals surface area contributed by atoms with E-state index in [1.54, 1.807) is 12.1 Å². The van der Waals surface area contributed by atoms with Crippen LogP contribution in [0.3, 0.4) is 0 Å². The lowest BCUT2D eigenvalue weighted by Gasteiger charge is -2.22. The van der Waals surface area contributed by atoms with Gasteiger partial charge in [0.05, 0.1) is 6.54 Å². The Balaban J connectivity index is 2.66. The van der Waals surface area contributed by atoms with E-state index >= 15 is 0 Å². The molecule has 1 rings (SSSR count). The third-order valence-electron chi connectivity index (χ3n) is 3.62. The number of nitrogens with one attached hydrogen (secondary N) is 3. The molecule has 3 N–H and O–H groups in total. The van der Waals surface area contributed by atoms with Crippen molar-refractivity contribution in [1.29, 1.82) is 0 Å². The van der Waals surface area contributed by atoms with Crippen LogP contribution in [0.5, 0.6) is 0 Å². The van der Waals surface area contributed by atoms with Gasteiger partial charge in [0.2, 0.25) is 11.8 Å². The Kier molecular flexibility index (Phi) is 7.95. The van der Waals surface area contributed by atoms with Gasteiger partial charge in [0.15, 0.2) is 0 Å². The number of rotatable bonds is 8. The van der Waals surface area contributed by atoms with Crippen LogP contribution in [0.1, 0.15) is 43.1 Å². The number of benzene rings is 1. The number of hydrogen-bond donors (Lipinski definition) is 3. The number of carbonyl (C=O) groups excluding carboxylic acids is 3. The fraction of sp³-hybridized carbons (Fsp3) is 0.500. The van der Waals surface area contributed by atoms with Gasteiger partial charge >= 0.3 is 0 Å². The first-order valence-electron chi connectivity index (χ1n) is 8.27. The van der Waals surface area contributed by atoms with E-state index in [2.05, 4.69) is 16.0 Å². The number of amides is 3. The molecule has 132 valence electrons. The number of aryl methyl sites for hydroxylation is 1. The minimum Gasteiger partial charge on any atom is -0.355 e. The van der Waals surface area contributed by atoms with Crippen LogP contribution in [0.15, 0.2) is 24.3 Å². The van der Waals surface area contributed by atoms with Gasteiger partial charge in [-0.3, -0.25) is 14.4 Å². The lowest BCUT2D eigenvalue weighted by atomic mass is 10.0. The lowest BCUT2D eigenvalue weighted by molar-refractivity contribution is -0.127. The molecule has 1 unspecified atom stereocenters. The molecule has 1 atom stereocenters. The van der Waals surface area contributed by atoms with Crippen molar-refractivity contribution in [3.63, 3.8) is 0 Å². The molecule has 24 heavy (non-hydrogen) atoms. The van der Waals surface area contributed by atoms with Gasteiger partial charge in [-0.25, -0.2) is 0 Å². The summed E-state index contributed by atoms with van der Waals surface area (Å²) in [6.45, 7) is 7.97. The first kappa shape index (κ1) is 19.7. The van der Waals surface area contributed by atoms with Crippen molar-refractivity contribution in [2.45, 2.75) is 40.2 Å². The van der Waals surface area contributed by atoms with Crippen molar-refractivity contribution in [2.75, 3.05) is 13.1 Å². The van der Waals surface area contributed by atoms with E-state index in [-0.39, 0.29) is 30.2 Å². The van der Waals surface area contributed by atoms with Crippen LogP contribution in [-0.4, -0.2) is 36.9 Å². The Bertz CT molecular complexity index is 585. The number of carbonyl (C=O) groups is 3. The van der Waals surface area contributed by atoms with Crippen LogP contribution < -0.4 is 16.0 Å². The molecule has 0 bridgehead atoms. The molecular weight excluding hydrogens is 306 g/mol. The van der Waals surface area contributed by atoms with Crippen LogP contribution in [0.2, 0.25) is 0 Å². The topological polar surface area (TPSA) is 87.3 Å². The molecule has 0 saturated heterocycles. The standard InChI is InChI=1S/C18H27N3O3/c1-5-10-19-15(22)11-20-18(24)16(12(2)3)21-17(23)14-9-7-6-8-13(14)4/h6-9,12,16H,5,10-11H2,1-4H3,(H,19,22)(H,20,24)(H,21,23). The summed E-state index contributed by atoms with van der Waals surface area (Å²) in [5.41, 5.74) is 1.38. The SMILES string of the molecule is CCCNC(=O)CNC(=O)C(NC(=O)c1ccccc1C)C(C)C. The quantitative estimate of drug-likeness (QED) is 0.672. The minimum absolute atomic E-state index is 0.0950. The van der Waals surface area contributed by atoms with Gasteiger partial charge in [-0.15, -0.1) is 0 Å². The van der Waals surface area contributed by atoms with Gasteiger partial charge in [-0.2, -0.15) is 0 Å². The second-order valence-corrected chi connectivity index (χ2v) is 6.08. The molecular formula is C18H27N3O3. The van der Waals surface area contributed by atoms with Crippen molar-refractivity contribution in [3.05, 3.63) is 35.4 Å². The first-order valence-corrected chi connectivity index (χ1v) is 8.27. The summed E-state index contributed by atoms with van der Waals surface area (Å²) in [5, 5.41) is 8.03. The summed E-state index contributed by atoms with van der Waals surface area (Å²) in [6, 6.07) is 6.50. The maximum atomic E-state index is 12.4. The predicted molar refractivity (Wildman–Crippen MR) is 93.6 cm³/mol. The van der Waals surface area contributed by atoms with Gasteiger partial charge in [-0.05, 0) is 30.9 Å². The molecule has 6 heteroatoms. The number of hydrogen-bond acceptors (Lipinski definition) is 3. The van der Waals surface area contributed by atoms with Gasteiger partial charge in [0, 0.05) is 12.1 Å². The van der Waals surface area contributed by atoms with Crippen LogP contribution in [0.4, 0.5) is 0 Å². The zero-order valence-electron chi connectivity index (χ0n) is 14.8. The summed E-state index contributed by atoms with van der Waals surface area (Å²) in [4.78, 5) is 36.3. The van der Waals surface area contributed by atoms with Crippen LogP contribution >= 0.6 is 0 Å². The molecule has 0 spiro atoms. The third kappa shape index (κ3) is 6.02. The third-order valence-corrected chi connectivity index (χ3v) is 3.62. The average Bonchev–Trinajstić information content (AvgIpc) is 2.55. The molecule has 6 nitrogen and oxygen atoms in total. The highest BCUT2D eigenvalue weighted by Gasteiger charge is 2.25. The summed E-state index contributed by atoms with van der Waals surface area (Å²) in [5.74, 6) is -0.995. The highest BCUT2D eigenvalue weighted by atomic mass is 16.2. The van der Waals surface area contributed by atoms with E-state index in [0.717, 1.165) is 12.0 Å². The summed E-state index contributed by atoms with van der Waals surface area (Å²) < 4.78 is 0. The fourth-order valence-electron chi connectivity index (χ4n) is 2.19. The maximum Gasteiger partial charge on any atom is 0.252 e. The highest BCUT2D eigenvalue weighted by molar-refractivity contribution is 5.99. The Morgan fingerprint density at radius 3 is 2.33 bits per heavy atom. The largest absolute Gasteiger partial charge is 0.355 e. The van der Waals surface area contributed by atoms with Crippen molar-refractivity contribution >= 4 is 17.7 Å². The molecule has 3 amide bonds. The molecule has 0 heterocycles. The molecule has 0 aliphatic carbocycles. The molecule has 1 aromatic rings. The average molecular weight is 333 g/mol. The van der Waals surface area contributed by atoms with Crippen molar-refractivity contribution < 1.29 is 14.4 Å². The van der Waals surface area contributed by atoms with Gasteiger partial charge in [0.1, 0.15) is 6.04 Å². The first-order chi connectivity index (χ1) is 11.4. The van der Waals surface area contributed by atoms with Crippen molar-refractivity contribution in [1.82, 2.24) is 16.0 Å². The monoisotopic (exact) mass is 333 g/mol. The predicted octanol–water partition coefficient (Wildman–Crippen LogP) is 1.39. The molecule has 1 aromatic carbocycles. The van der Waals surface area contributed by atoms with Crippen LogP contribution in [0, 0.1) is 12.8 Å². The van der Waals surface area contributed by atoms with E-state index in [9.17, 15) is 14.4 Å². The Hall–Kier alpha value is -2.37. The van der Waals surface area contributed by atoms with Crippen LogP contribution in [-0.2, 0) is 9.59 Å². The minimum atomic E-state index is -0.698. The second kappa shape index (κ2) is 9.70. The summed E-state index contributed by atoms with van der Waals surface area (Å²) >= 11 is 0. The normalized spacial score (nSPS) is 11.7. The Morgan fingerprint density at radius 1 is 1.08 bits per heavy atom. The van der Waals surface area contributed by atoms with Crippen LogP contribution in [0.25, 0.3) is 0 Å². The molecule has 0 aliphatic rings. The highest BCUT2D eigenvalue weighted by Crippen LogP contribution is 2.09. The Labute approximate surface area is 143 Å². The van der Waals surface area contributed by atoms with E-state index in [0.29, 0.717) is 12.1 Å². The zero-order valence-corrected chi connectivity index (χ0v) is 14.8. The van der Waals surface area contributed by atoms with E-state index in [4.69, 9.17) is 0 Å². The second-order valence-electron chi connectivity index (χ2n) is 6.08. The zero-order chi connectivity index (χ0) is 18.1. The fourth-order valence-corrected chi connectivity index (χ4v) is 2.19. The molecule has 0 fully saturated rings. The molecule has 0 saturated carbocycles. The summed E-state index contributed by atoms with van der Waals surface area (Å²) in [7, 11) is 0. The smallest absolute Gasteiger partial charge is 0.252 e. The van der Waals surface area contributed by atoms with E-state index < -0.39 is 6.04 Å². The van der Waals surface area contributed by atoms with Crippen molar-refractivity contribution in [2.24, 2.45) is 5.92 Å². The Morgan fingerprint density at radius 2 is 1.75 bits per heavy atom. The maximum absolute atomic E-state index is 12.4. The van der Waals surface area contributed by atoms with E-state index in [1.165, 1.54) is 0 Å². The molecule has 0 aliphatic heterocycles.